The molecule has 0 unspecified atom stereocenters. The van der Waals surface area contributed by atoms with Crippen LogP contribution in [0.4, 0.5) is 0 Å². The van der Waals surface area contributed by atoms with Crippen molar-refractivity contribution in [2.45, 2.75) is 85.4 Å². The van der Waals surface area contributed by atoms with Gasteiger partial charge in [0.15, 0.2) is 5.43 Å². The van der Waals surface area contributed by atoms with Crippen LogP contribution in [0.2, 0.25) is 0 Å². The van der Waals surface area contributed by atoms with E-state index in [2.05, 4.69) is 20.8 Å². The molecule has 0 saturated carbocycles. The summed E-state index contributed by atoms with van der Waals surface area (Å²) in [6.45, 7) is 12.9. The van der Waals surface area contributed by atoms with Crippen LogP contribution in [0.1, 0.15) is 83.6 Å². The first-order chi connectivity index (χ1) is 17.8. The van der Waals surface area contributed by atoms with Crippen LogP contribution in [0.15, 0.2) is 35.3 Å². The predicted molar refractivity (Wildman–Crippen MR) is 145 cm³/mol. The molecule has 204 valence electrons. The second-order valence-corrected chi connectivity index (χ2v) is 12.0. The standard InChI is InChI=1S/C29H37N3O6/c1-28(2,3)23-17-32-26(20-15-21(33)19(27(35)36)16-31(20)23)18-11-10-12-22(25(18)30-32)37-14-9-7-8-13-24(34)38-29(4,5)6/h10-12,15-16,23H,7-9,13-14,17H2,1-6H3,(H,35,36)/t23-/m0/s1. The number of carbonyl (C=O) groups is 2. The highest BCUT2D eigenvalue weighted by atomic mass is 16.6. The lowest BCUT2D eigenvalue weighted by Crippen LogP contribution is -2.35. The first kappa shape index (κ1) is 27.4. The van der Waals surface area contributed by atoms with Crippen LogP contribution in [-0.2, 0) is 16.1 Å². The Bertz CT molecular complexity index is 1420. The zero-order valence-electron chi connectivity index (χ0n) is 23.0. The largest absolute Gasteiger partial charge is 0.491 e. The first-order valence-electron chi connectivity index (χ1n) is 13.1. The van der Waals surface area contributed by atoms with Crippen molar-refractivity contribution in [2.75, 3.05) is 6.61 Å². The number of pyridine rings is 1. The zero-order valence-corrected chi connectivity index (χ0v) is 23.0. The van der Waals surface area contributed by atoms with Crippen LogP contribution in [-0.4, -0.2) is 43.6 Å². The number of esters is 1. The van der Waals surface area contributed by atoms with E-state index in [0.717, 1.165) is 30.3 Å². The molecule has 1 aromatic carbocycles. The molecule has 0 fully saturated rings. The van der Waals surface area contributed by atoms with E-state index in [4.69, 9.17) is 14.6 Å². The molecular weight excluding hydrogens is 486 g/mol. The molecule has 9 nitrogen and oxygen atoms in total. The number of nitrogens with zero attached hydrogens (tertiary/aromatic N) is 3. The van der Waals surface area contributed by atoms with Gasteiger partial charge in [-0.15, -0.1) is 0 Å². The number of rotatable bonds is 8. The van der Waals surface area contributed by atoms with E-state index < -0.39 is 17.0 Å². The van der Waals surface area contributed by atoms with Gasteiger partial charge in [0.05, 0.1) is 30.6 Å². The Labute approximate surface area is 222 Å². The number of aromatic nitrogens is 3. The van der Waals surface area contributed by atoms with Gasteiger partial charge in [0.25, 0.3) is 0 Å². The molecule has 3 aromatic rings. The lowest BCUT2D eigenvalue weighted by Gasteiger charge is -2.38. The number of ether oxygens (including phenoxy) is 2. The smallest absolute Gasteiger partial charge is 0.341 e. The van der Waals surface area contributed by atoms with Crippen molar-refractivity contribution in [1.82, 2.24) is 14.3 Å². The molecule has 1 atom stereocenters. The summed E-state index contributed by atoms with van der Waals surface area (Å²) in [4.78, 5) is 36.3. The average Bonchev–Trinajstić information content (AvgIpc) is 3.18. The molecule has 2 aromatic heterocycles. The van der Waals surface area contributed by atoms with Gasteiger partial charge in [-0.25, -0.2) is 4.79 Å². The minimum atomic E-state index is -1.23. The Morgan fingerprint density at radius 1 is 1.11 bits per heavy atom. The Morgan fingerprint density at radius 2 is 1.84 bits per heavy atom. The molecule has 1 N–H and O–H groups in total. The summed E-state index contributed by atoms with van der Waals surface area (Å²) in [5.74, 6) is -0.765. The zero-order chi connectivity index (χ0) is 27.8. The maximum Gasteiger partial charge on any atom is 0.341 e. The first-order valence-corrected chi connectivity index (χ1v) is 13.1. The number of carboxylic acid groups (broad SMARTS) is 1. The molecule has 38 heavy (non-hydrogen) atoms. The van der Waals surface area contributed by atoms with Gasteiger partial charge in [0.2, 0.25) is 0 Å². The molecule has 0 amide bonds. The lowest BCUT2D eigenvalue weighted by molar-refractivity contribution is -0.154. The number of fused-ring (bicyclic) bond motifs is 5. The molecule has 0 spiro atoms. The molecule has 1 aliphatic heterocycles. The molecule has 0 aliphatic carbocycles. The van der Waals surface area contributed by atoms with Crippen LogP contribution >= 0.6 is 0 Å². The normalized spacial score (nSPS) is 15.2. The third kappa shape index (κ3) is 5.76. The van der Waals surface area contributed by atoms with E-state index in [0.29, 0.717) is 36.5 Å². The van der Waals surface area contributed by atoms with E-state index in [9.17, 15) is 19.5 Å². The monoisotopic (exact) mass is 523 g/mol. The van der Waals surface area contributed by atoms with Gasteiger partial charge in [-0.2, -0.15) is 5.10 Å². The maximum atomic E-state index is 12.7. The number of aromatic carboxylic acids is 1. The molecule has 9 heteroatoms. The minimum Gasteiger partial charge on any atom is -0.491 e. The summed E-state index contributed by atoms with van der Waals surface area (Å²) in [6, 6.07) is 7.02. The van der Waals surface area contributed by atoms with E-state index in [1.165, 1.54) is 12.3 Å². The van der Waals surface area contributed by atoms with Crippen LogP contribution in [0.5, 0.6) is 5.75 Å². The number of hydrogen-bond acceptors (Lipinski definition) is 6. The van der Waals surface area contributed by atoms with E-state index in [1.54, 1.807) is 0 Å². The minimum absolute atomic E-state index is 0.104. The van der Waals surface area contributed by atoms with Gasteiger partial charge < -0.3 is 19.1 Å². The molecule has 3 heterocycles. The Kier molecular flexibility index (Phi) is 7.41. The fourth-order valence-corrected chi connectivity index (χ4v) is 4.87. The predicted octanol–water partition coefficient (Wildman–Crippen LogP) is 5.44. The van der Waals surface area contributed by atoms with Crippen molar-refractivity contribution in [3.63, 3.8) is 0 Å². The lowest BCUT2D eigenvalue weighted by atomic mass is 9.85. The summed E-state index contributed by atoms with van der Waals surface area (Å²) < 4.78 is 15.3. The Balaban J connectivity index is 1.56. The number of carbonyl (C=O) groups excluding carboxylic acids is 1. The van der Waals surface area contributed by atoms with Crippen molar-refractivity contribution in [3.8, 4) is 17.1 Å². The fraction of sp³-hybridized carbons (Fsp3) is 0.517. The van der Waals surface area contributed by atoms with Gasteiger partial charge in [-0.3, -0.25) is 14.3 Å². The maximum absolute atomic E-state index is 12.7. The van der Waals surface area contributed by atoms with Crippen LogP contribution in [0.3, 0.4) is 0 Å². The summed E-state index contributed by atoms with van der Waals surface area (Å²) >= 11 is 0. The van der Waals surface area contributed by atoms with E-state index in [1.807, 2.05) is 48.2 Å². The van der Waals surface area contributed by atoms with E-state index in [-0.39, 0.29) is 23.0 Å². The van der Waals surface area contributed by atoms with Crippen molar-refractivity contribution in [3.05, 3.63) is 46.2 Å². The number of benzene rings is 1. The van der Waals surface area contributed by atoms with Gasteiger partial charge in [0, 0.05) is 24.1 Å². The van der Waals surface area contributed by atoms with Gasteiger partial charge in [0.1, 0.15) is 22.4 Å². The second-order valence-electron chi connectivity index (χ2n) is 12.0. The quantitative estimate of drug-likeness (QED) is 0.309. The van der Waals surface area contributed by atoms with Crippen LogP contribution < -0.4 is 10.2 Å². The summed E-state index contributed by atoms with van der Waals surface area (Å²) in [7, 11) is 0. The highest BCUT2D eigenvalue weighted by Crippen LogP contribution is 2.43. The third-order valence-corrected chi connectivity index (χ3v) is 6.67. The van der Waals surface area contributed by atoms with Crippen molar-refractivity contribution < 1.29 is 24.2 Å². The summed E-state index contributed by atoms with van der Waals surface area (Å²) in [6.07, 6.45) is 4.21. The van der Waals surface area contributed by atoms with Crippen molar-refractivity contribution >= 4 is 22.8 Å². The van der Waals surface area contributed by atoms with Gasteiger partial charge in [-0.05, 0) is 51.5 Å². The van der Waals surface area contributed by atoms with Crippen LogP contribution in [0, 0.1) is 5.41 Å². The Morgan fingerprint density at radius 3 is 2.50 bits per heavy atom. The molecule has 0 bridgehead atoms. The molecule has 1 aliphatic rings. The van der Waals surface area contributed by atoms with Crippen molar-refractivity contribution in [1.29, 1.82) is 0 Å². The highest BCUT2D eigenvalue weighted by Gasteiger charge is 2.35. The SMILES string of the molecule is CC(C)(C)OC(=O)CCCCCOc1cccc2c3n(nc12)C[C@@H](C(C)(C)C)n1cc(C(=O)O)c(=O)cc1-3. The molecule has 0 saturated heterocycles. The number of hydrogen-bond donors (Lipinski definition) is 1. The summed E-state index contributed by atoms with van der Waals surface area (Å²) in [5, 5.41) is 15.3. The number of unbranched alkanes of at least 4 members (excludes halogenated alkanes) is 2. The third-order valence-electron chi connectivity index (χ3n) is 6.67. The number of carboxylic acids is 1. The van der Waals surface area contributed by atoms with Crippen LogP contribution in [0.25, 0.3) is 22.3 Å². The molecule has 4 rings (SSSR count). The average molecular weight is 524 g/mol. The highest BCUT2D eigenvalue weighted by molar-refractivity contribution is 5.96. The molecule has 0 radical (unpaired) electrons. The van der Waals surface area contributed by atoms with Crippen molar-refractivity contribution in [2.24, 2.45) is 5.41 Å². The fourth-order valence-electron chi connectivity index (χ4n) is 4.87. The second kappa shape index (κ2) is 10.3. The summed E-state index contributed by atoms with van der Waals surface area (Å²) in [5.41, 5.74) is 0.669. The van der Waals surface area contributed by atoms with Gasteiger partial charge in [-0.1, -0.05) is 32.9 Å². The topological polar surface area (TPSA) is 113 Å². The Hall–Kier alpha value is -3.62. The molecular formula is C29H37N3O6. The van der Waals surface area contributed by atoms with Gasteiger partial charge >= 0.3 is 11.9 Å². The van der Waals surface area contributed by atoms with E-state index >= 15 is 0 Å².